The van der Waals surface area contributed by atoms with Gasteiger partial charge >= 0.3 is 5.97 Å². The molecule has 8 nitrogen and oxygen atoms in total. The average molecular weight is 478 g/mol. The zero-order chi connectivity index (χ0) is 24.1. The SMILES string of the molecule is COc1cc(Nc2ncc(-c3ccc(C(=O)O)cc3Oc3ccc(Cl)cc3)cn2)cc(OC)c1. The van der Waals surface area contributed by atoms with Crippen molar-refractivity contribution in [2.45, 2.75) is 0 Å². The minimum Gasteiger partial charge on any atom is -0.497 e. The third kappa shape index (κ3) is 5.36. The Morgan fingerprint density at radius 3 is 2.12 bits per heavy atom. The number of ether oxygens (including phenoxy) is 3. The second kappa shape index (κ2) is 10.1. The fourth-order valence-electron chi connectivity index (χ4n) is 3.15. The first-order chi connectivity index (χ1) is 16.4. The number of carboxylic acid groups (broad SMARTS) is 1. The van der Waals surface area contributed by atoms with Crippen molar-refractivity contribution in [1.29, 1.82) is 0 Å². The normalized spacial score (nSPS) is 10.4. The molecule has 1 aromatic heterocycles. The lowest BCUT2D eigenvalue weighted by atomic mass is 10.1. The van der Waals surface area contributed by atoms with Crippen molar-refractivity contribution in [3.8, 4) is 34.1 Å². The fraction of sp³-hybridized carbons (Fsp3) is 0.0800. The van der Waals surface area contributed by atoms with E-state index < -0.39 is 5.97 Å². The topological polar surface area (TPSA) is 103 Å². The van der Waals surface area contributed by atoms with Crippen molar-refractivity contribution >= 4 is 29.2 Å². The molecule has 0 saturated carbocycles. The summed E-state index contributed by atoms with van der Waals surface area (Å²) in [4.78, 5) is 20.3. The van der Waals surface area contributed by atoms with Gasteiger partial charge < -0.3 is 24.6 Å². The number of aromatic carboxylic acids is 1. The van der Waals surface area contributed by atoms with E-state index in [9.17, 15) is 9.90 Å². The quantitative estimate of drug-likeness (QED) is 0.316. The summed E-state index contributed by atoms with van der Waals surface area (Å²) in [5, 5.41) is 13.1. The Morgan fingerprint density at radius 2 is 1.53 bits per heavy atom. The molecule has 9 heteroatoms. The molecule has 0 fully saturated rings. The highest BCUT2D eigenvalue weighted by molar-refractivity contribution is 6.30. The van der Waals surface area contributed by atoms with Crippen molar-refractivity contribution in [2.75, 3.05) is 19.5 Å². The van der Waals surface area contributed by atoms with Crippen LogP contribution < -0.4 is 19.5 Å². The highest BCUT2D eigenvalue weighted by Crippen LogP contribution is 2.35. The van der Waals surface area contributed by atoms with Gasteiger partial charge in [-0.3, -0.25) is 0 Å². The summed E-state index contributed by atoms with van der Waals surface area (Å²) in [7, 11) is 3.15. The Balaban J connectivity index is 1.63. The molecule has 0 amide bonds. The number of rotatable bonds is 8. The standard InChI is InChI=1S/C25H20ClN3O5/c1-32-20-10-18(11-21(12-20)33-2)29-25-27-13-16(14-28-25)22-8-3-15(24(30)31)9-23(22)34-19-6-4-17(26)5-7-19/h3-14H,1-2H3,(H,30,31)(H,27,28,29). The smallest absolute Gasteiger partial charge is 0.335 e. The highest BCUT2D eigenvalue weighted by Gasteiger charge is 2.14. The highest BCUT2D eigenvalue weighted by atomic mass is 35.5. The lowest BCUT2D eigenvalue weighted by Gasteiger charge is -2.13. The maximum absolute atomic E-state index is 11.5. The van der Waals surface area contributed by atoms with Crippen molar-refractivity contribution < 1.29 is 24.1 Å². The molecule has 0 atom stereocenters. The molecule has 34 heavy (non-hydrogen) atoms. The van der Waals surface area contributed by atoms with Gasteiger partial charge in [0.2, 0.25) is 5.95 Å². The van der Waals surface area contributed by atoms with E-state index in [-0.39, 0.29) is 5.56 Å². The molecule has 2 N–H and O–H groups in total. The number of hydrogen-bond donors (Lipinski definition) is 2. The molecular formula is C25H20ClN3O5. The van der Waals surface area contributed by atoms with Gasteiger partial charge in [0.25, 0.3) is 0 Å². The van der Waals surface area contributed by atoms with Gasteiger partial charge in [0.15, 0.2) is 0 Å². The summed E-state index contributed by atoms with van der Waals surface area (Å²) in [5.74, 6) is 1.42. The third-order valence-corrected chi connectivity index (χ3v) is 5.09. The fourth-order valence-corrected chi connectivity index (χ4v) is 3.27. The molecule has 0 aliphatic rings. The number of nitrogens with zero attached hydrogens (tertiary/aromatic N) is 2. The number of aromatic nitrogens is 2. The number of carboxylic acids is 1. The van der Waals surface area contributed by atoms with Crippen LogP contribution in [0.25, 0.3) is 11.1 Å². The van der Waals surface area contributed by atoms with Crippen molar-refractivity contribution in [3.05, 3.63) is 83.6 Å². The maximum atomic E-state index is 11.5. The zero-order valence-electron chi connectivity index (χ0n) is 18.3. The Bertz CT molecular complexity index is 1290. The van der Waals surface area contributed by atoms with Crippen LogP contribution in [0.3, 0.4) is 0 Å². The van der Waals surface area contributed by atoms with E-state index in [4.69, 9.17) is 25.8 Å². The number of anilines is 2. The third-order valence-electron chi connectivity index (χ3n) is 4.84. The van der Waals surface area contributed by atoms with Crippen LogP contribution in [0.5, 0.6) is 23.0 Å². The monoisotopic (exact) mass is 477 g/mol. The van der Waals surface area contributed by atoms with Gasteiger partial charge in [0.1, 0.15) is 23.0 Å². The Morgan fingerprint density at radius 1 is 0.882 bits per heavy atom. The summed E-state index contributed by atoms with van der Waals surface area (Å²) < 4.78 is 16.5. The molecule has 1 heterocycles. The molecule has 172 valence electrons. The van der Waals surface area contributed by atoms with E-state index in [0.29, 0.717) is 50.8 Å². The molecule has 0 unspecified atom stereocenters. The van der Waals surface area contributed by atoms with Crippen LogP contribution in [0.4, 0.5) is 11.6 Å². The van der Waals surface area contributed by atoms with Gasteiger partial charge in [-0.1, -0.05) is 11.6 Å². The number of halogens is 1. The molecule has 0 bridgehead atoms. The van der Waals surface area contributed by atoms with Gasteiger partial charge in [-0.15, -0.1) is 0 Å². The largest absolute Gasteiger partial charge is 0.497 e. The molecule has 4 aromatic rings. The van der Waals surface area contributed by atoms with Crippen molar-refractivity contribution in [3.63, 3.8) is 0 Å². The van der Waals surface area contributed by atoms with E-state index in [1.807, 2.05) is 0 Å². The number of benzene rings is 3. The van der Waals surface area contributed by atoms with Gasteiger partial charge in [0.05, 0.1) is 19.8 Å². The molecule has 0 spiro atoms. The van der Waals surface area contributed by atoms with Crippen LogP contribution in [-0.4, -0.2) is 35.3 Å². The van der Waals surface area contributed by atoms with Crippen molar-refractivity contribution in [1.82, 2.24) is 9.97 Å². The van der Waals surface area contributed by atoms with E-state index >= 15 is 0 Å². The number of methoxy groups -OCH3 is 2. The average Bonchev–Trinajstić information content (AvgIpc) is 2.85. The summed E-state index contributed by atoms with van der Waals surface area (Å²) in [5.41, 5.74) is 2.07. The first-order valence-electron chi connectivity index (χ1n) is 10.1. The predicted octanol–water partition coefficient (Wildman–Crippen LogP) is 6.05. The Labute approximate surface area is 200 Å². The minimum absolute atomic E-state index is 0.0962. The van der Waals surface area contributed by atoms with Crippen LogP contribution in [-0.2, 0) is 0 Å². The van der Waals surface area contributed by atoms with Crippen molar-refractivity contribution in [2.24, 2.45) is 0 Å². The first-order valence-corrected chi connectivity index (χ1v) is 10.5. The Kier molecular flexibility index (Phi) is 6.79. The van der Waals surface area contributed by atoms with Crippen LogP contribution in [0, 0.1) is 0 Å². The van der Waals surface area contributed by atoms with Crippen LogP contribution in [0.2, 0.25) is 5.02 Å². The molecule has 0 aliphatic carbocycles. The summed E-state index contributed by atoms with van der Waals surface area (Å²) in [6.07, 6.45) is 3.24. The molecule has 0 aliphatic heterocycles. The van der Waals surface area contributed by atoms with Gasteiger partial charge in [0, 0.05) is 52.4 Å². The molecule has 0 saturated heterocycles. The molecular weight excluding hydrogens is 458 g/mol. The van der Waals surface area contributed by atoms with E-state index in [0.717, 1.165) is 0 Å². The van der Waals surface area contributed by atoms with Gasteiger partial charge in [-0.25, -0.2) is 14.8 Å². The zero-order valence-corrected chi connectivity index (χ0v) is 19.0. The second-order valence-corrected chi connectivity index (χ2v) is 7.53. The van der Waals surface area contributed by atoms with E-state index in [1.54, 1.807) is 75.1 Å². The summed E-state index contributed by atoms with van der Waals surface area (Å²) in [6.45, 7) is 0. The van der Waals surface area contributed by atoms with Gasteiger partial charge in [-0.2, -0.15) is 0 Å². The maximum Gasteiger partial charge on any atom is 0.335 e. The van der Waals surface area contributed by atoms with E-state index in [1.165, 1.54) is 12.1 Å². The molecule has 3 aromatic carbocycles. The minimum atomic E-state index is -1.06. The number of carbonyl (C=O) groups is 1. The van der Waals surface area contributed by atoms with E-state index in [2.05, 4.69) is 15.3 Å². The van der Waals surface area contributed by atoms with Crippen LogP contribution in [0.15, 0.2) is 73.1 Å². The first kappa shape index (κ1) is 22.9. The second-order valence-electron chi connectivity index (χ2n) is 7.09. The lowest BCUT2D eigenvalue weighted by Crippen LogP contribution is -2.00. The summed E-state index contributed by atoms with van der Waals surface area (Å²) >= 11 is 5.95. The predicted molar refractivity (Wildman–Crippen MR) is 129 cm³/mol. The lowest BCUT2D eigenvalue weighted by molar-refractivity contribution is 0.0696. The molecule has 0 radical (unpaired) electrons. The van der Waals surface area contributed by atoms with Gasteiger partial charge in [-0.05, 0) is 42.5 Å². The summed E-state index contributed by atoms with van der Waals surface area (Å²) in [6, 6.07) is 16.7. The Hall–Kier alpha value is -4.30. The van der Waals surface area contributed by atoms with Crippen LogP contribution in [0.1, 0.15) is 10.4 Å². The number of hydrogen-bond acceptors (Lipinski definition) is 7. The van der Waals surface area contributed by atoms with Crippen LogP contribution >= 0.6 is 11.6 Å². The number of nitrogens with one attached hydrogen (secondary N) is 1. The molecule has 4 rings (SSSR count).